The van der Waals surface area contributed by atoms with Crippen LogP contribution >= 0.6 is 12.4 Å². The van der Waals surface area contributed by atoms with Gasteiger partial charge in [0.05, 0.1) is 25.8 Å². The topological polar surface area (TPSA) is 73.6 Å². The van der Waals surface area contributed by atoms with Crippen molar-refractivity contribution in [2.24, 2.45) is 17.6 Å². The lowest BCUT2D eigenvalue weighted by atomic mass is 9.98. The van der Waals surface area contributed by atoms with Crippen LogP contribution in [0.3, 0.4) is 0 Å². The molecule has 1 aromatic rings. The molecule has 5 nitrogen and oxygen atoms in total. The molecular formula is C20H35ClN2O3. The second-order valence-electron chi connectivity index (χ2n) is 7.08. The van der Waals surface area contributed by atoms with E-state index in [0.29, 0.717) is 18.3 Å². The van der Waals surface area contributed by atoms with Gasteiger partial charge in [0.15, 0.2) is 11.5 Å². The molecule has 0 aromatic heterocycles. The Morgan fingerprint density at radius 1 is 1.19 bits per heavy atom. The normalized spacial score (nSPS) is 14.2. The Bertz CT molecular complexity index is 552. The Morgan fingerprint density at radius 3 is 2.38 bits per heavy atom. The van der Waals surface area contributed by atoms with Crippen molar-refractivity contribution in [2.45, 2.75) is 59.5 Å². The number of rotatable bonds is 10. The molecule has 150 valence electrons. The van der Waals surface area contributed by atoms with E-state index in [-0.39, 0.29) is 30.3 Å². The molecule has 3 unspecified atom stereocenters. The predicted molar refractivity (Wildman–Crippen MR) is 109 cm³/mol. The van der Waals surface area contributed by atoms with E-state index in [4.69, 9.17) is 15.2 Å². The van der Waals surface area contributed by atoms with Crippen molar-refractivity contribution in [2.75, 3.05) is 13.7 Å². The van der Waals surface area contributed by atoms with Crippen LogP contribution in [0.5, 0.6) is 11.5 Å². The molecule has 0 saturated carbocycles. The lowest BCUT2D eigenvalue weighted by molar-refractivity contribution is -0.124. The van der Waals surface area contributed by atoms with Gasteiger partial charge in [-0.3, -0.25) is 4.79 Å². The average molecular weight is 387 g/mol. The summed E-state index contributed by atoms with van der Waals surface area (Å²) >= 11 is 0. The highest BCUT2D eigenvalue weighted by atomic mass is 35.5. The molecule has 1 rings (SSSR count). The Kier molecular flexibility index (Phi) is 11.3. The Balaban J connectivity index is 0.00000625. The molecule has 1 aromatic carbocycles. The maximum Gasteiger partial charge on any atom is 0.237 e. The van der Waals surface area contributed by atoms with Crippen LogP contribution in [0.1, 0.15) is 59.1 Å². The lowest BCUT2D eigenvalue weighted by Gasteiger charge is -2.22. The number of amides is 1. The molecule has 0 fully saturated rings. The van der Waals surface area contributed by atoms with Gasteiger partial charge in [0.1, 0.15) is 0 Å². The highest BCUT2D eigenvalue weighted by Gasteiger charge is 2.21. The molecule has 3 N–H and O–H groups in total. The van der Waals surface area contributed by atoms with E-state index in [0.717, 1.165) is 24.2 Å². The summed E-state index contributed by atoms with van der Waals surface area (Å²) in [4.78, 5) is 12.3. The van der Waals surface area contributed by atoms with Gasteiger partial charge in [-0.05, 0) is 42.9 Å². The number of halogens is 1. The molecule has 0 aliphatic carbocycles. The predicted octanol–water partition coefficient (Wildman–Crippen LogP) is 4.09. The molecule has 6 heteroatoms. The van der Waals surface area contributed by atoms with Crippen molar-refractivity contribution in [1.82, 2.24) is 5.32 Å². The van der Waals surface area contributed by atoms with E-state index in [1.165, 1.54) is 0 Å². The number of ether oxygens (including phenoxy) is 2. The van der Waals surface area contributed by atoms with Gasteiger partial charge in [-0.15, -0.1) is 12.4 Å². The fourth-order valence-electron chi connectivity index (χ4n) is 2.38. The fraction of sp³-hybridized carbons (Fsp3) is 0.650. The monoisotopic (exact) mass is 386 g/mol. The minimum atomic E-state index is -0.493. The first-order valence-corrected chi connectivity index (χ1v) is 9.16. The molecule has 0 saturated heterocycles. The summed E-state index contributed by atoms with van der Waals surface area (Å²) in [5.41, 5.74) is 6.96. The lowest BCUT2D eigenvalue weighted by Crippen LogP contribution is -2.45. The number of carbonyl (C=O) groups is 1. The molecule has 26 heavy (non-hydrogen) atoms. The van der Waals surface area contributed by atoms with Crippen LogP contribution in [0.25, 0.3) is 0 Å². The summed E-state index contributed by atoms with van der Waals surface area (Å²) in [6.07, 6.45) is 1.87. The first-order valence-electron chi connectivity index (χ1n) is 9.16. The van der Waals surface area contributed by atoms with Crippen LogP contribution < -0.4 is 20.5 Å². The summed E-state index contributed by atoms with van der Waals surface area (Å²) in [6.45, 7) is 10.9. The van der Waals surface area contributed by atoms with E-state index >= 15 is 0 Å². The zero-order chi connectivity index (χ0) is 19.0. The van der Waals surface area contributed by atoms with Gasteiger partial charge in [0, 0.05) is 0 Å². The molecule has 0 aliphatic heterocycles. The van der Waals surface area contributed by atoms with Crippen LogP contribution in [0.15, 0.2) is 18.2 Å². The second kappa shape index (κ2) is 12.0. The van der Waals surface area contributed by atoms with Gasteiger partial charge >= 0.3 is 0 Å². The van der Waals surface area contributed by atoms with E-state index in [9.17, 15) is 4.79 Å². The molecule has 1 amide bonds. The minimum absolute atomic E-state index is 0. The van der Waals surface area contributed by atoms with E-state index in [2.05, 4.69) is 19.2 Å². The molecular weight excluding hydrogens is 352 g/mol. The highest BCUT2D eigenvalue weighted by molar-refractivity contribution is 5.85. The zero-order valence-electron chi connectivity index (χ0n) is 16.9. The Labute approximate surface area is 164 Å². The number of carbonyl (C=O) groups excluding carboxylic acids is 1. The van der Waals surface area contributed by atoms with Gasteiger partial charge < -0.3 is 20.5 Å². The number of nitrogens with two attached hydrogens (primary N) is 1. The van der Waals surface area contributed by atoms with E-state index in [1.807, 2.05) is 39.0 Å². The van der Waals surface area contributed by atoms with Gasteiger partial charge in [0.2, 0.25) is 5.91 Å². The summed E-state index contributed by atoms with van der Waals surface area (Å²) < 4.78 is 11.2. The number of hydrogen-bond acceptors (Lipinski definition) is 4. The van der Waals surface area contributed by atoms with Gasteiger partial charge in [-0.25, -0.2) is 0 Å². The number of methoxy groups -OCH3 is 1. The summed E-state index contributed by atoms with van der Waals surface area (Å²) in [5, 5.41) is 2.98. The third-order valence-electron chi connectivity index (χ3n) is 4.56. The van der Waals surface area contributed by atoms with Crippen LogP contribution in [-0.4, -0.2) is 25.7 Å². The fourth-order valence-corrected chi connectivity index (χ4v) is 2.38. The maximum absolute atomic E-state index is 12.3. The van der Waals surface area contributed by atoms with Crippen LogP contribution in [0.2, 0.25) is 0 Å². The average Bonchev–Trinajstić information content (AvgIpc) is 2.59. The molecule has 0 radical (unpaired) electrons. The second-order valence-corrected chi connectivity index (χ2v) is 7.08. The molecule has 0 bridgehead atoms. The third kappa shape index (κ3) is 7.42. The molecule has 0 spiro atoms. The van der Waals surface area contributed by atoms with Crippen molar-refractivity contribution in [1.29, 1.82) is 0 Å². The third-order valence-corrected chi connectivity index (χ3v) is 4.56. The minimum Gasteiger partial charge on any atom is -0.493 e. The maximum atomic E-state index is 12.3. The first kappa shape index (κ1) is 24.5. The zero-order valence-corrected chi connectivity index (χ0v) is 17.7. The SMILES string of the molecule is CCC(C)C(N)C(=O)NC(C)c1ccc(OCCC(C)C)c(OC)c1.Cl. The Hall–Kier alpha value is -1.46. The van der Waals surface area contributed by atoms with Crippen molar-refractivity contribution >= 4 is 18.3 Å². The van der Waals surface area contributed by atoms with E-state index < -0.39 is 6.04 Å². The van der Waals surface area contributed by atoms with Gasteiger partial charge in [0.25, 0.3) is 0 Å². The van der Waals surface area contributed by atoms with Crippen molar-refractivity contribution < 1.29 is 14.3 Å². The smallest absolute Gasteiger partial charge is 0.237 e. The van der Waals surface area contributed by atoms with Crippen molar-refractivity contribution in [3.8, 4) is 11.5 Å². The van der Waals surface area contributed by atoms with Crippen LogP contribution in [-0.2, 0) is 4.79 Å². The molecule has 3 atom stereocenters. The van der Waals surface area contributed by atoms with E-state index in [1.54, 1.807) is 7.11 Å². The van der Waals surface area contributed by atoms with Gasteiger partial charge in [-0.1, -0.05) is 40.2 Å². The van der Waals surface area contributed by atoms with Crippen molar-refractivity contribution in [3.05, 3.63) is 23.8 Å². The standard InChI is InChI=1S/C20H34N2O3.ClH/c1-7-14(4)19(21)20(23)22-15(5)16-8-9-17(18(12-16)24-6)25-11-10-13(2)3;/h8-9,12-15,19H,7,10-11,21H2,1-6H3,(H,22,23);1H. The van der Waals surface area contributed by atoms with Gasteiger partial charge in [-0.2, -0.15) is 0 Å². The summed E-state index contributed by atoms with van der Waals surface area (Å²) in [6, 6.07) is 5.11. The van der Waals surface area contributed by atoms with Crippen LogP contribution in [0, 0.1) is 11.8 Å². The number of hydrogen-bond donors (Lipinski definition) is 2. The molecule has 0 heterocycles. The highest BCUT2D eigenvalue weighted by Crippen LogP contribution is 2.30. The van der Waals surface area contributed by atoms with Crippen LogP contribution in [0.4, 0.5) is 0 Å². The number of benzene rings is 1. The summed E-state index contributed by atoms with van der Waals surface area (Å²) in [7, 11) is 1.62. The Morgan fingerprint density at radius 2 is 1.85 bits per heavy atom. The molecule has 0 aliphatic rings. The quantitative estimate of drug-likeness (QED) is 0.635. The summed E-state index contributed by atoms with van der Waals surface area (Å²) in [5.74, 6) is 2.02. The number of nitrogens with one attached hydrogen (secondary N) is 1. The van der Waals surface area contributed by atoms with Crippen molar-refractivity contribution in [3.63, 3.8) is 0 Å². The largest absolute Gasteiger partial charge is 0.493 e. The first-order chi connectivity index (χ1) is 11.8.